The minimum absolute atomic E-state index is 0. The molecule has 0 radical (unpaired) electrons. The first-order chi connectivity index (χ1) is 2.77. The average Bonchev–Trinajstić information content (AvgIpc) is 1.35. The first-order valence-electron chi connectivity index (χ1n) is 2.17. The Kier molecular flexibility index (Phi) is 20.1. The van der Waals surface area contributed by atoms with Crippen LogP contribution in [-0.4, -0.2) is 37.8 Å². The van der Waals surface area contributed by atoms with Crippen LogP contribution in [-0.2, 0) is 0 Å². The van der Waals surface area contributed by atoms with Gasteiger partial charge in [-0.1, -0.05) is 0 Å². The maximum absolute atomic E-state index is 8.22. The minimum Gasteiger partial charge on any atom is -1.00 e. The van der Waals surface area contributed by atoms with Crippen LogP contribution in [0.4, 0.5) is 0 Å². The van der Waals surface area contributed by atoms with Gasteiger partial charge in [-0.05, 0) is 0 Å². The largest absolute Gasteiger partial charge is 1.00 e. The van der Waals surface area contributed by atoms with E-state index in [4.69, 9.17) is 5.11 Å². The number of aliphatic hydroxyl groups is 1. The van der Waals surface area contributed by atoms with E-state index in [1.54, 1.807) is 0 Å². The lowest BCUT2D eigenvalue weighted by atomic mass is 10.6. The van der Waals surface area contributed by atoms with E-state index in [1.807, 2.05) is 14.1 Å². The molecule has 0 spiro atoms. The molecular weight excluding hydrogens is 130 g/mol. The summed E-state index contributed by atoms with van der Waals surface area (Å²) in [6.07, 6.45) is 0. The molecule has 4 N–H and O–H groups in total. The van der Waals surface area contributed by atoms with Crippen LogP contribution >= 0.6 is 0 Å². The van der Waals surface area contributed by atoms with Gasteiger partial charge in [-0.15, -0.1) is 0 Å². The SMILES string of the molecule is C[NH+](C)CCO.O.[Cl-]. The standard InChI is InChI=1S/C4H11NO.ClH.H2O/c1-5(2)3-4-6;;/h6H,3-4H2,1-2H3;1H;1H2. The van der Waals surface area contributed by atoms with E-state index in [9.17, 15) is 0 Å². The van der Waals surface area contributed by atoms with Crippen LogP contribution < -0.4 is 17.3 Å². The van der Waals surface area contributed by atoms with E-state index in [1.165, 1.54) is 4.90 Å². The van der Waals surface area contributed by atoms with Gasteiger partial charge in [0.25, 0.3) is 0 Å². The summed E-state index contributed by atoms with van der Waals surface area (Å²) in [5, 5.41) is 8.22. The maximum atomic E-state index is 8.22. The Bertz CT molecular complexity index is 35.2. The number of rotatable bonds is 2. The number of likely N-dealkylation sites (N-methyl/N-ethyl adjacent to an activating group) is 1. The van der Waals surface area contributed by atoms with Crippen molar-refractivity contribution in [2.45, 2.75) is 0 Å². The van der Waals surface area contributed by atoms with Gasteiger partial charge in [-0.3, -0.25) is 0 Å². The lowest BCUT2D eigenvalue weighted by Gasteiger charge is -2.00. The highest BCUT2D eigenvalue weighted by molar-refractivity contribution is 4.10. The van der Waals surface area contributed by atoms with Crippen molar-refractivity contribution < 1.29 is 27.9 Å². The first kappa shape index (κ1) is 15.7. The summed E-state index contributed by atoms with van der Waals surface area (Å²) in [5.74, 6) is 0. The molecule has 4 heteroatoms. The highest BCUT2D eigenvalue weighted by atomic mass is 35.5. The lowest BCUT2D eigenvalue weighted by Crippen LogP contribution is -3.06. The molecule has 0 atom stereocenters. The summed E-state index contributed by atoms with van der Waals surface area (Å²) in [6, 6.07) is 0. The van der Waals surface area contributed by atoms with Gasteiger partial charge in [0.15, 0.2) is 0 Å². The Morgan fingerprint density at radius 1 is 1.38 bits per heavy atom. The molecule has 0 rings (SSSR count). The van der Waals surface area contributed by atoms with Crippen LogP contribution in [0.1, 0.15) is 0 Å². The first-order valence-corrected chi connectivity index (χ1v) is 2.17. The van der Waals surface area contributed by atoms with Gasteiger partial charge in [0.1, 0.15) is 6.54 Å². The predicted octanol–water partition coefficient (Wildman–Crippen LogP) is -5.70. The second-order valence-electron chi connectivity index (χ2n) is 1.68. The lowest BCUT2D eigenvalue weighted by molar-refractivity contribution is -0.858. The number of aliphatic hydroxyl groups excluding tert-OH is 1. The summed E-state index contributed by atoms with van der Waals surface area (Å²) in [7, 11) is 4.02. The third kappa shape index (κ3) is 16.4. The molecule has 0 saturated heterocycles. The van der Waals surface area contributed by atoms with Crippen molar-refractivity contribution in [2.24, 2.45) is 0 Å². The second-order valence-corrected chi connectivity index (χ2v) is 1.68. The van der Waals surface area contributed by atoms with Gasteiger partial charge in [0.2, 0.25) is 0 Å². The normalized spacial score (nSPS) is 7.50. The van der Waals surface area contributed by atoms with E-state index in [0.717, 1.165) is 6.54 Å². The highest BCUT2D eigenvalue weighted by Gasteiger charge is 1.84. The molecule has 3 nitrogen and oxygen atoms in total. The second kappa shape index (κ2) is 10.2. The summed E-state index contributed by atoms with van der Waals surface area (Å²) in [5.41, 5.74) is 0. The zero-order valence-corrected chi connectivity index (χ0v) is 6.00. The molecule has 0 aromatic heterocycles. The van der Waals surface area contributed by atoms with Crippen LogP contribution in [0.2, 0.25) is 0 Å². The minimum atomic E-state index is 0. The fourth-order valence-electron chi connectivity index (χ4n) is 0.224. The topological polar surface area (TPSA) is 56.2 Å². The molecule has 0 aliphatic rings. The van der Waals surface area contributed by atoms with Gasteiger partial charge in [-0.25, -0.2) is 0 Å². The number of hydrogen-bond donors (Lipinski definition) is 2. The van der Waals surface area contributed by atoms with Gasteiger partial charge in [-0.2, -0.15) is 0 Å². The molecule has 0 aromatic carbocycles. The Hall–Kier alpha value is 0.170. The molecule has 0 heterocycles. The Morgan fingerprint density at radius 2 is 1.75 bits per heavy atom. The number of nitrogens with one attached hydrogen (secondary N) is 1. The monoisotopic (exact) mass is 143 g/mol. The van der Waals surface area contributed by atoms with E-state index < -0.39 is 0 Å². The molecule has 0 saturated carbocycles. The van der Waals surface area contributed by atoms with E-state index in [2.05, 4.69) is 0 Å². The molecule has 0 aliphatic heterocycles. The number of halogens is 1. The van der Waals surface area contributed by atoms with Gasteiger partial charge < -0.3 is 27.9 Å². The molecule has 0 amide bonds. The van der Waals surface area contributed by atoms with Crippen LogP contribution in [0.15, 0.2) is 0 Å². The molecule has 8 heavy (non-hydrogen) atoms. The molecule has 0 aliphatic carbocycles. The summed E-state index contributed by atoms with van der Waals surface area (Å²) >= 11 is 0. The van der Waals surface area contributed by atoms with Crippen LogP contribution in [0, 0.1) is 0 Å². The Labute approximate surface area is 56.0 Å². The predicted molar refractivity (Wildman–Crippen MR) is 28.4 cm³/mol. The zero-order valence-electron chi connectivity index (χ0n) is 5.24. The summed E-state index contributed by atoms with van der Waals surface area (Å²) in [6.45, 7) is 1.14. The Balaban J connectivity index is -0.000000125. The van der Waals surface area contributed by atoms with Crippen molar-refractivity contribution in [1.82, 2.24) is 0 Å². The third-order valence-corrected chi connectivity index (χ3v) is 0.612. The van der Waals surface area contributed by atoms with Crippen molar-refractivity contribution in [3.63, 3.8) is 0 Å². The summed E-state index contributed by atoms with van der Waals surface area (Å²) in [4.78, 5) is 1.29. The quantitative estimate of drug-likeness (QED) is 0.398. The number of hydrogen-bond acceptors (Lipinski definition) is 1. The van der Waals surface area contributed by atoms with Crippen molar-refractivity contribution in [2.75, 3.05) is 27.2 Å². The van der Waals surface area contributed by atoms with Crippen molar-refractivity contribution in [1.29, 1.82) is 0 Å². The molecule has 0 aromatic rings. The highest BCUT2D eigenvalue weighted by Crippen LogP contribution is 1.35. The molecule has 0 unspecified atom stereocenters. The van der Waals surface area contributed by atoms with E-state index >= 15 is 0 Å². The van der Waals surface area contributed by atoms with Gasteiger partial charge in [0.05, 0.1) is 20.7 Å². The number of quaternary nitrogens is 1. The third-order valence-electron chi connectivity index (χ3n) is 0.612. The zero-order chi connectivity index (χ0) is 4.99. The van der Waals surface area contributed by atoms with E-state index in [0.29, 0.717) is 6.61 Å². The molecule has 54 valence electrons. The van der Waals surface area contributed by atoms with Crippen molar-refractivity contribution >= 4 is 0 Å². The average molecular weight is 144 g/mol. The fraction of sp³-hybridized carbons (Fsp3) is 1.00. The maximum Gasteiger partial charge on any atom is 0.100 e. The van der Waals surface area contributed by atoms with Crippen molar-refractivity contribution in [3.8, 4) is 0 Å². The molecule has 0 bridgehead atoms. The van der Waals surface area contributed by atoms with Gasteiger partial charge >= 0.3 is 0 Å². The molecule has 0 fully saturated rings. The van der Waals surface area contributed by atoms with E-state index in [-0.39, 0.29) is 17.9 Å². The van der Waals surface area contributed by atoms with Crippen LogP contribution in [0.5, 0.6) is 0 Å². The van der Waals surface area contributed by atoms with Crippen LogP contribution in [0.3, 0.4) is 0 Å². The molecular formula is C4H14ClNO2. The van der Waals surface area contributed by atoms with Gasteiger partial charge in [0, 0.05) is 0 Å². The van der Waals surface area contributed by atoms with Crippen molar-refractivity contribution in [3.05, 3.63) is 0 Å². The smallest absolute Gasteiger partial charge is 0.100 e. The Morgan fingerprint density at radius 3 is 1.75 bits per heavy atom. The van der Waals surface area contributed by atoms with Crippen LogP contribution in [0.25, 0.3) is 0 Å². The summed E-state index contributed by atoms with van der Waals surface area (Å²) < 4.78 is 0. The fourth-order valence-corrected chi connectivity index (χ4v) is 0.224.